The van der Waals surface area contributed by atoms with E-state index in [4.69, 9.17) is 0 Å². The molecule has 0 aliphatic heterocycles. The van der Waals surface area contributed by atoms with Crippen molar-refractivity contribution >= 4 is 11.8 Å². The van der Waals surface area contributed by atoms with Gasteiger partial charge in [-0.1, -0.05) is 26.2 Å². The number of rotatable bonds is 8. The number of unbranched alkanes of at least 4 members (excludes halogenated alkanes) is 1. The fourth-order valence-electron chi connectivity index (χ4n) is 3.40. The summed E-state index contributed by atoms with van der Waals surface area (Å²) in [6, 6.07) is -0.652. The zero-order chi connectivity index (χ0) is 16.8. The van der Waals surface area contributed by atoms with Crippen molar-refractivity contribution in [2.24, 2.45) is 11.8 Å². The molecule has 132 valence electrons. The van der Waals surface area contributed by atoms with Gasteiger partial charge in [-0.2, -0.15) is 0 Å². The van der Waals surface area contributed by atoms with Gasteiger partial charge in [-0.3, -0.25) is 9.59 Å². The Hall–Kier alpha value is -1.10. The molecule has 2 atom stereocenters. The van der Waals surface area contributed by atoms with Crippen LogP contribution in [-0.4, -0.2) is 35.1 Å². The summed E-state index contributed by atoms with van der Waals surface area (Å²) >= 11 is 0. The van der Waals surface area contributed by atoms with Crippen molar-refractivity contribution < 1.29 is 14.7 Å². The molecule has 2 aliphatic rings. The van der Waals surface area contributed by atoms with Crippen molar-refractivity contribution in [1.82, 2.24) is 10.6 Å². The summed E-state index contributed by atoms with van der Waals surface area (Å²) in [4.78, 5) is 24.3. The smallest absolute Gasteiger partial charge is 0.245 e. The predicted octanol–water partition coefficient (Wildman–Crippen LogP) is 2.13. The highest BCUT2D eigenvalue weighted by atomic mass is 16.3. The molecular formula is C18H32N2O3. The van der Waals surface area contributed by atoms with E-state index in [1.165, 1.54) is 32.1 Å². The molecule has 0 aromatic rings. The zero-order valence-corrected chi connectivity index (χ0v) is 14.5. The lowest BCUT2D eigenvalue weighted by atomic mass is 9.83. The van der Waals surface area contributed by atoms with Crippen LogP contribution in [0.25, 0.3) is 0 Å². The highest BCUT2D eigenvalue weighted by Gasteiger charge is 2.35. The van der Waals surface area contributed by atoms with E-state index in [1.807, 2.05) is 0 Å². The quantitative estimate of drug-likeness (QED) is 0.640. The Balaban J connectivity index is 1.76. The summed E-state index contributed by atoms with van der Waals surface area (Å²) in [6.07, 6.45) is 9.07. The monoisotopic (exact) mass is 324 g/mol. The van der Waals surface area contributed by atoms with E-state index in [-0.39, 0.29) is 23.8 Å². The minimum absolute atomic E-state index is 0.0399. The van der Waals surface area contributed by atoms with Crippen LogP contribution in [0.5, 0.6) is 0 Å². The second-order valence-corrected chi connectivity index (χ2v) is 7.37. The largest absolute Gasteiger partial charge is 0.391 e. The van der Waals surface area contributed by atoms with E-state index in [9.17, 15) is 14.7 Å². The van der Waals surface area contributed by atoms with Gasteiger partial charge in [0.15, 0.2) is 0 Å². The van der Waals surface area contributed by atoms with Gasteiger partial charge in [0.25, 0.3) is 0 Å². The first kappa shape index (κ1) is 18.2. The van der Waals surface area contributed by atoms with Gasteiger partial charge in [0.05, 0.1) is 6.10 Å². The maximum atomic E-state index is 12.4. The summed E-state index contributed by atoms with van der Waals surface area (Å²) < 4.78 is 0. The Labute approximate surface area is 139 Å². The van der Waals surface area contributed by atoms with Gasteiger partial charge in [-0.15, -0.1) is 0 Å². The summed E-state index contributed by atoms with van der Waals surface area (Å²) in [5.41, 5.74) is 0. The molecule has 5 heteroatoms. The highest BCUT2D eigenvalue weighted by Crippen LogP contribution is 2.29. The van der Waals surface area contributed by atoms with Gasteiger partial charge in [-0.25, -0.2) is 0 Å². The zero-order valence-electron chi connectivity index (χ0n) is 14.5. The Bertz CT molecular complexity index is 399. The van der Waals surface area contributed by atoms with Crippen LogP contribution in [0.4, 0.5) is 0 Å². The first-order valence-corrected chi connectivity index (χ1v) is 9.30. The van der Waals surface area contributed by atoms with Crippen LogP contribution >= 0.6 is 0 Å². The van der Waals surface area contributed by atoms with Crippen LogP contribution in [0, 0.1) is 11.8 Å². The van der Waals surface area contributed by atoms with Crippen molar-refractivity contribution in [2.75, 3.05) is 0 Å². The maximum absolute atomic E-state index is 12.4. The first-order chi connectivity index (χ1) is 11.0. The van der Waals surface area contributed by atoms with Gasteiger partial charge in [0, 0.05) is 12.0 Å². The fourth-order valence-corrected chi connectivity index (χ4v) is 3.40. The molecule has 3 N–H and O–H groups in total. The van der Waals surface area contributed by atoms with Crippen molar-refractivity contribution in [3.05, 3.63) is 0 Å². The minimum atomic E-state index is -0.876. The summed E-state index contributed by atoms with van der Waals surface area (Å²) in [5.74, 6) is 0.489. The summed E-state index contributed by atoms with van der Waals surface area (Å²) in [7, 11) is 0. The highest BCUT2D eigenvalue weighted by molar-refractivity contribution is 5.89. The van der Waals surface area contributed by atoms with Crippen LogP contribution in [0.2, 0.25) is 0 Å². The molecule has 23 heavy (non-hydrogen) atoms. The van der Waals surface area contributed by atoms with Gasteiger partial charge in [0.2, 0.25) is 11.8 Å². The topological polar surface area (TPSA) is 78.4 Å². The summed E-state index contributed by atoms with van der Waals surface area (Å²) in [6.45, 7) is 3.77. The number of aliphatic hydroxyl groups excluding tert-OH is 1. The number of hydrogen-bond acceptors (Lipinski definition) is 3. The van der Waals surface area contributed by atoms with Crippen LogP contribution in [0.1, 0.15) is 71.6 Å². The molecule has 0 saturated heterocycles. The average molecular weight is 324 g/mol. The third-order valence-corrected chi connectivity index (χ3v) is 5.17. The van der Waals surface area contributed by atoms with E-state index < -0.39 is 12.1 Å². The van der Waals surface area contributed by atoms with Gasteiger partial charge in [0.1, 0.15) is 6.04 Å². The molecule has 2 saturated carbocycles. The van der Waals surface area contributed by atoms with E-state index in [1.54, 1.807) is 6.92 Å². The standard InChI is InChI=1S/C18H32N2O3/c1-3-4-5-13-6-10-15(11-7-13)19-18(23)16(12(2)21)20-17(22)14-8-9-14/h12-16,21H,3-11H2,1-2H3,(H,19,23)(H,20,22). The first-order valence-electron chi connectivity index (χ1n) is 9.30. The lowest BCUT2D eigenvalue weighted by molar-refractivity contribution is -0.132. The number of amides is 2. The molecule has 0 radical (unpaired) electrons. The van der Waals surface area contributed by atoms with Crippen molar-refractivity contribution in [2.45, 2.75) is 89.8 Å². The van der Waals surface area contributed by atoms with Crippen LogP contribution < -0.4 is 10.6 Å². The SMILES string of the molecule is CCCCC1CCC(NC(=O)C(NC(=O)C2CC2)C(C)O)CC1. The molecule has 2 aliphatic carbocycles. The number of carbonyl (C=O) groups is 2. The second kappa shape index (κ2) is 8.67. The van der Waals surface area contributed by atoms with Gasteiger partial charge < -0.3 is 15.7 Å². The predicted molar refractivity (Wildman–Crippen MR) is 89.7 cm³/mol. The number of aliphatic hydroxyl groups is 1. The summed E-state index contributed by atoms with van der Waals surface area (Å²) in [5, 5.41) is 15.6. The molecule has 0 aromatic heterocycles. The molecule has 0 aromatic carbocycles. The Morgan fingerprint density at radius 1 is 1.13 bits per heavy atom. The van der Waals surface area contributed by atoms with E-state index in [0.717, 1.165) is 31.6 Å². The molecule has 2 amide bonds. The van der Waals surface area contributed by atoms with Gasteiger partial charge >= 0.3 is 0 Å². The molecule has 0 spiro atoms. The van der Waals surface area contributed by atoms with Crippen molar-refractivity contribution in [1.29, 1.82) is 0 Å². The van der Waals surface area contributed by atoms with Crippen LogP contribution in [0.3, 0.4) is 0 Å². The fraction of sp³-hybridized carbons (Fsp3) is 0.889. The van der Waals surface area contributed by atoms with E-state index in [2.05, 4.69) is 17.6 Å². The lowest BCUT2D eigenvalue weighted by Crippen LogP contribution is -2.55. The Kier molecular flexibility index (Phi) is 6.88. The van der Waals surface area contributed by atoms with Crippen molar-refractivity contribution in [3.63, 3.8) is 0 Å². The Morgan fingerprint density at radius 2 is 1.78 bits per heavy atom. The number of nitrogens with one attached hydrogen (secondary N) is 2. The molecule has 2 unspecified atom stereocenters. The van der Waals surface area contributed by atoms with Gasteiger partial charge in [-0.05, 0) is 51.4 Å². The third-order valence-electron chi connectivity index (χ3n) is 5.17. The normalized spacial score (nSPS) is 27.1. The van der Waals surface area contributed by atoms with Crippen LogP contribution in [0.15, 0.2) is 0 Å². The molecule has 5 nitrogen and oxygen atoms in total. The second-order valence-electron chi connectivity index (χ2n) is 7.37. The third kappa shape index (κ3) is 5.79. The minimum Gasteiger partial charge on any atom is -0.391 e. The molecular weight excluding hydrogens is 292 g/mol. The maximum Gasteiger partial charge on any atom is 0.245 e. The van der Waals surface area contributed by atoms with E-state index >= 15 is 0 Å². The molecule has 0 bridgehead atoms. The molecule has 2 fully saturated rings. The number of hydrogen-bond donors (Lipinski definition) is 3. The molecule has 2 rings (SSSR count). The average Bonchev–Trinajstić information content (AvgIpc) is 3.36. The Morgan fingerprint density at radius 3 is 2.30 bits per heavy atom. The van der Waals surface area contributed by atoms with Crippen LogP contribution in [-0.2, 0) is 9.59 Å². The van der Waals surface area contributed by atoms with E-state index in [0.29, 0.717) is 0 Å². The lowest BCUT2D eigenvalue weighted by Gasteiger charge is -2.31. The molecule has 0 heterocycles. The number of carbonyl (C=O) groups excluding carboxylic acids is 2. The van der Waals surface area contributed by atoms with Crippen molar-refractivity contribution in [3.8, 4) is 0 Å².